The number of aliphatic hydroxyl groups is 1. The molecule has 2 rings (SSSR count). The van der Waals surface area contributed by atoms with E-state index in [4.69, 9.17) is 15.9 Å². The zero-order chi connectivity index (χ0) is 16.1. The molecule has 2 unspecified atom stereocenters. The predicted molar refractivity (Wildman–Crippen MR) is 80.4 cm³/mol. The van der Waals surface area contributed by atoms with Crippen molar-refractivity contribution in [1.82, 2.24) is 0 Å². The Labute approximate surface area is 128 Å². The van der Waals surface area contributed by atoms with Gasteiger partial charge >= 0.3 is 5.97 Å². The molecule has 5 N–H and O–H groups in total. The maximum atomic E-state index is 11.9. The normalized spacial score (nSPS) is 21.0. The monoisotopic (exact) mass is 305 g/mol. The maximum absolute atomic E-state index is 11.9. The Kier molecular flexibility index (Phi) is 5.11. The Balaban J connectivity index is 1.80. The maximum Gasteiger partial charge on any atom is 0.308 e. The van der Waals surface area contributed by atoms with Crippen molar-refractivity contribution >= 4 is 23.4 Å². The summed E-state index contributed by atoms with van der Waals surface area (Å²) in [5.74, 6) is -0.661. The number of carbonyl (C=O) groups is 2. The first-order chi connectivity index (χ1) is 10.4. The Morgan fingerprint density at radius 1 is 1.41 bits per heavy atom. The van der Waals surface area contributed by atoms with Crippen molar-refractivity contribution in [3.8, 4) is 0 Å². The van der Waals surface area contributed by atoms with Crippen molar-refractivity contribution in [3.05, 3.63) is 29.8 Å². The summed E-state index contributed by atoms with van der Waals surface area (Å²) in [6, 6.07) is 6.63. The van der Waals surface area contributed by atoms with Crippen molar-refractivity contribution in [3.63, 3.8) is 0 Å². The molecule has 118 valence electrons. The summed E-state index contributed by atoms with van der Waals surface area (Å²) in [4.78, 5) is 23.1. The Bertz CT molecular complexity index is 571. The number of rotatable bonds is 5. The zero-order valence-corrected chi connectivity index (χ0v) is 12.0. The van der Waals surface area contributed by atoms with E-state index in [2.05, 4.69) is 5.32 Å². The number of nitrogens with one attached hydrogen (secondary N) is 2. The predicted octanol–water partition coefficient (Wildman–Crippen LogP) is 0.756. The van der Waals surface area contributed by atoms with Gasteiger partial charge in [0.1, 0.15) is 11.9 Å². The number of amidine groups is 1. The number of anilines is 1. The van der Waals surface area contributed by atoms with E-state index in [1.54, 1.807) is 24.3 Å². The topological polar surface area (TPSA) is 126 Å². The third-order valence-corrected chi connectivity index (χ3v) is 3.41. The molecule has 0 bridgehead atoms. The van der Waals surface area contributed by atoms with Crippen LogP contribution in [0.15, 0.2) is 24.3 Å². The smallest absolute Gasteiger partial charge is 0.308 e. The summed E-state index contributed by atoms with van der Waals surface area (Å²) in [6.45, 7) is 0. The van der Waals surface area contributed by atoms with Gasteiger partial charge in [-0.2, -0.15) is 0 Å². The molecule has 2 atom stereocenters. The van der Waals surface area contributed by atoms with Gasteiger partial charge < -0.3 is 20.9 Å². The molecular formula is C15H19N3O4. The first kappa shape index (κ1) is 16.0. The van der Waals surface area contributed by atoms with Crippen LogP contribution < -0.4 is 11.1 Å². The minimum Gasteiger partial charge on any atom is -0.462 e. The van der Waals surface area contributed by atoms with Gasteiger partial charge in [0.25, 0.3) is 0 Å². The lowest BCUT2D eigenvalue weighted by Gasteiger charge is -2.25. The van der Waals surface area contributed by atoms with E-state index in [0.29, 0.717) is 24.1 Å². The molecule has 1 heterocycles. The number of hydrogen-bond donors (Lipinski definition) is 4. The lowest BCUT2D eigenvalue weighted by atomic mass is 10.0. The molecule has 0 saturated carbocycles. The summed E-state index contributed by atoms with van der Waals surface area (Å²) in [5, 5.41) is 19.5. The largest absolute Gasteiger partial charge is 0.462 e. The second kappa shape index (κ2) is 7.04. The molecule has 1 saturated heterocycles. The molecule has 1 aromatic carbocycles. The SMILES string of the molecule is N=C(N)c1ccc(NC(=O)CCC2CC(O)CC(=O)O2)cc1. The standard InChI is InChI=1S/C15H19N3O4/c16-15(17)9-1-3-10(4-2-9)18-13(20)6-5-12-7-11(19)8-14(21)22-12/h1-4,11-12,19H,5-8H2,(H3,16,17)(H,18,20). The number of nitrogens with two attached hydrogens (primary N) is 1. The van der Waals surface area contributed by atoms with Crippen molar-refractivity contribution in [1.29, 1.82) is 5.41 Å². The van der Waals surface area contributed by atoms with Crippen LogP contribution in [0.1, 0.15) is 31.2 Å². The van der Waals surface area contributed by atoms with Gasteiger partial charge in [-0.15, -0.1) is 0 Å². The van der Waals surface area contributed by atoms with E-state index < -0.39 is 18.2 Å². The van der Waals surface area contributed by atoms with Gasteiger partial charge in [0.15, 0.2) is 0 Å². The number of cyclic esters (lactones) is 1. The number of benzene rings is 1. The number of esters is 1. The van der Waals surface area contributed by atoms with E-state index >= 15 is 0 Å². The fourth-order valence-electron chi connectivity index (χ4n) is 2.29. The molecular weight excluding hydrogens is 286 g/mol. The lowest BCUT2D eigenvalue weighted by molar-refractivity contribution is -0.160. The highest BCUT2D eigenvalue weighted by atomic mass is 16.5. The highest BCUT2D eigenvalue weighted by Gasteiger charge is 2.27. The van der Waals surface area contributed by atoms with Gasteiger partial charge in [-0.3, -0.25) is 15.0 Å². The molecule has 1 fully saturated rings. The van der Waals surface area contributed by atoms with Gasteiger partial charge in [-0.05, 0) is 30.7 Å². The van der Waals surface area contributed by atoms with Gasteiger partial charge in [0.05, 0.1) is 12.5 Å². The van der Waals surface area contributed by atoms with E-state index in [0.717, 1.165) is 0 Å². The number of nitrogen functional groups attached to an aromatic ring is 1. The molecule has 7 nitrogen and oxygen atoms in total. The van der Waals surface area contributed by atoms with Crippen LogP contribution in [-0.2, 0) is 14.3 Å². The fraction of sp³-hybridized carbons (Fsp3) is 0.400. The number of hydrogen-bond acceptors (Lipinski definition) is 5. The van der Waals surface area contributed by atoms with E-state index in [9.17, 15) is 14.7 Å². The lowest BCUT2D eigenvalue weighted by Crippen LogP contribution is -2.33. The average molecular weight is 305 g/mol. The van der Waals surface area contributed by atoms with Crippen LogP contribution in [0, 0.1) is 5.41 Å². The van der Waals surface area contributed by atoms with E-state index in [1.165, 1.54) is 0 Å². The Hall–Kier alpha value is -2.41. The summed E-state index contributed by atoms with van der Waals surface area (Å²) < 4.78 is 5.08. The third-order valence-electron chi connectivity index (χ3n) is 3.41. The van der Waals surface area contributed by atoms with Gasteiger partial charge in [0.2, 0.25) is 5.91 Å². The summed E-state index contributed by atoms with van der Waals surface area (Å²) in [5.41, 5.74) is 6.54. The number of carbonyl (C=O) groups excluding carboxylic acids is 2. The van der Waals surface area contributed by atoms with Crippen LogP contribution in [0.25, 0.3) is 0 Å². The average Bonchev–Trinajstić information content (AvgIpc) is 2.45. The summed E-state index contributed by atoms with van der Waals surface area (Å²) in [7, 11) is 0. The first-order valence-corrected chi connectivity index (χ1v) is 7.06. The van der Waals surface area contributed by atoms with Crippen LogP contribution >= 0.6 is 0 Å². The van der Waals surface area contributed by atoms with Crippen LogP contribution in [0.4, 0.5) is 5.69 Å². The second-order valence-corrected chi connectivity index (χ2v) is 5.28. The number of aliphatic hydroxyl groups excluding tert-OH is 1. The molecule has 7 heteroatoms. The minimum absolute atomic E-state index is 0.0190. The number of ether oxygens (including phenoxy) is 1. The summed E-state index contributed by atoms with van der Waals surface area (Å²) in [6.07, 6.45) is -0.146. The molecule has 0 spiro atoms. The van der Waals surface area contributed by atoms with Gasteiger partial charge in [0, 0.05) is 24.1 Å². The van der Waals surface area contributed by atoms with E-state index in [-0.39, 0.29) is 24.6 Å². The third kappa shape index (κ3) is 4.56. The second-order valence-electron chi connectivity index (χ2n) is 5.28. The summed E-state index contributed by atoms with van der Waals surface area (Å²) >= 11 is 0. The number of amides is 1. The Morgan fingerprint density at radius 2 is 2.09 bits per heavy atom. The van der Waals surface area contributed by atoms with Crippen molar-refractivity contribution < 1.29 is 19.4 Å². The van der Waals surface area contributed by atoms with Gasteiger partial charge in [-0.1, -0.05) is 0 Å². The van der Waals surface area contributed by atoms with Crippen LogP contribution in [-0.4, -0.2) is 35.0 Å². The van der Waals surface area contributed by atoms with Crippen molar-refractivity contribution in [2.45, 2.75) is 37.9 Å². The molecule has 1 aliphatic heterocycles. The van der Waals surface area contributed by atoms with Gasteiger partial charge in [-0.25, -0.2) is 0 Å². The molecule has 22 heavy (non-hydrogen) atoms. The highest BCUT2D eigenvalue weighted by molar-refractivity contribution is 5.96. The molecule has 1 aliphatic rings. The quantitative estimate of drug-likeness (QED) is 0.363. The van der Waals surface area contributed by atoms with Crippen LogP contribution in [0.2, 0.25) is 0 Å². The zero-order valence-electron chi connectivity index (χ0n) is 12.0. The highest BCUT2D eigenvalue weighted by Crippen LogP contribution is 2.19. The molecule has 0 aromatic heterocycles. The van der Waals surface area contributed by atoms with Crippen molar-refractivity contribution in [2.24, 2.45) is 5.73 Å². The fourth-order valence-corrected chi connectivity index (χ4v) is 2.29. The molecule has 1 aromatic rings. The molecule has 0 aliphatic carbocycles. The van der Waals surface area contributed by atoms with E-state index in [1.807, 2.05) is 0 Å². The van der Waals surface area contributed by atoms with Crippen LogP contribution in [0.5, 0.6) is 0 Å². The minimum atomic E-state index is -0.687. The van der Waals surface area contributed by atoms with Crippen LogP contribution in [0.3, 0.4) is 0 Å². The first-order valence-electron chi connectivity index (χ1n) is 7.06. The Morgan fingerprint density at radius 3 is 2.68 bits per heavy atom. The molecule has 0 radical (unpaired) electrons. The van der Waals surface area contributed by atoms with Crippen molar-refractivity contribution in [2.75, 3.05) is 5.32 Å². The molecule has 1 amide bonds.